The Bertz CT molecular complexity index is 416. The van der Waals surface area contributed by atoms with Crippen molar-refractivity contribution in [1.29, 1.82) is 0 Å². The zero-order chi connectivity index (χ0) is 13.9. The van der Waals surface area contributed by atoms with Crippen LogP contribution in [0.3, 0.4) is 0 Å². The molecule has 1 heterocycles. The van der Waals surface area contributed by atoms with E-state index in [-0.39, 0.29) is 5.54 Å². The summed E-state index contributed by atoms with van der Waals surface area (Å²) in [6.45, 7) is 8.56. The van der Waals surface area contributed by atoms with E-state index >= 15 is 0 Å². The molecule has 1 N–H and O–H groups in total. The van der Waals surface area contributed by atoms with E-state index in [0.29, 0.717) is 0 Å². The first-order valence-corrected chi connectivity index (χ1v) is 7.70. The lowest BCUT2D eigenvalue weighted by Gasteiger charge is -2.33. The highest BCUT2D eigenvalue weighted by molar-refractivity contribution is 6.35. The van der Waals surface area contributed by atoms with Gasteiger partial charge in [0, 0.05) is 34.2 Å². The predicted octanol–water partition coefficient (Wildman–Crippen LogP) is 3.96. The van der Waals surface area contributed by atoms with Gasteiger partial charge in [-0.3, -0.25) is 4.90 Å². The maximum Gasteiger partial charge on any atom is 0.0465 e. The number of halogens is 2. The van der Waals surface area contributed by atoms with E-state index in [0.717, 1.165) is 54.6 Å². The van der Waals surface area contributed by atoms with E-state index in [2.05, 4.69) is 24.1 Å². The van der Waals surface area contributed by atoms with Gasteiger partial charge in [0.25, 0.3) is 0 Å². The molecule has 0 radical (unpaired) electrons. The van der Waals surface area contributed by atoms with E-state index < -0.39 is 0 Å². The molecule has 0 aromatic heterocycles. The molecule has 19 heavy (non-hydrogen) atoms. The summed E-state index contributed by atoms with van der Waals surface area (Å²) in [7, 11) is 0. The second kappa shape index (κ2) is 6.45. The molecule has 0 spiro atoms. The molecule has 0 saturated carbocycles. The van der Waals surface area contributed by atoms with Crippen LogP contribution >= 0.6 is 23.2 Å². The van der Waals surface area contributed by atoms with Gasteiger partial charge in [0.2, 0.25) is 0 Å². The van der Waals surface area contributed by atoms with Gasteiger partial charge in [-0.2, -0.15) is 0 Å². The molecule has 0 aliphatic carbocycles. The normalized spacial score (nSPS) is 25.3. The molecule has 1 aliphatic rings. The average molecular weight is 301 g/mol. The number of hydrogen-bond donors (Lipinski definition) is 1. The van der Waals surface area contributed by atoms with Crippen LogP contribution in [0.5, 0.6) is 0 Å². The molecule has 0 bridgehead atoms. The van der Waals surface area contributed by atoms with Gasteiger partial charge in [-0.25, -0.2) is 0 Å². The minimum atomic E-state index is 0.185. The topological polar surface area (TPSA) is 15.3 Å². The van der Waals surface area contributed by atoms with Gasteiger partial charge in [0.1, 0.15) is 0 Å². The number of benzene rings is 1. The summed E-state index contributed by atoms with van der Waals surface area (Å²) >= 11 is 12.5. The minimum Gasteiger partial charge on any atom is -0.310 e. The van der Waals surface area contributed by atoms with Crippen molar-refractivity contribution >= 4 is 23.2 Å². The monoisotopic (exact) mass is 300 g/mol. The minimum absolute atomic E-state index is 0.185. The number of hydrogen-bond acceptors (Lipinski definition) is 2. The Labute approximate surface area is 126 Å². The second-order valence-electron chi connectivity index (χ2n) is 5.61. The molecule has 2 rings (SSSR count). The van der Waals surface area contributed by atoms with Gasteiger partial charge in [-0.05, 0) is 45.0 Å². The molecule has 1 saturated heterocycles. The Morgan fingerprint density at radius 3 is 2.63 bits per heavy atom. The third-order valence-corrected chi connectivity index (χ3v) is 4.71. The maximum atomic E-state index is 6.27. The summed E-state index contributed by atoms with van der Waals surface area (Å²) in [6, 6.07) is 5.73. The molecule has 1 aliphatic heterocycles. The molecule has 2 nitrogen and oxygen atoms in total. The molecular formula is C15H22Cl2N2. The zero-order valence-electron chi connectivity index (χ0n) is 11.7. The molecule has 1 aromatic carbocycles. The zero-order valence-corrected chi connectivity index (χ0v) is 13.2. The molecule has 106 valence electrons. The van der Waals surface area contributed by atoms with Gasteiger partial charge in [-0.15, -0.1) is 0 Å². The first-order valence-electron chi connectivity index (χ1n) is 6.94. The van der Waals surface area contributed by atoms with Crippen LogP contribution < -0.4 is 5.32 Å². The van der Waals surface area contributed by atoms with Crippen molar-refractivity contribution in [2.75, 3.05) is 19.6 Å². The fraction of sp³-hybridized carbons (Fsp3) is 0.600. The quantitative estimate of drug-likeness (QED) is 0.909. The van der Waals surface area contributed by atoms with Crippen LogP contribution in [0.2, 0.25) is 10.0 Å². The summed E-state index contributed by atoms with van der Waals surface area (Å²) in [5, 5.41) is 5.18. The van der Waals surface area contributed by atoms with Crippen LogP contribution in [0, 0.1) is 0 Å². The van der Waals surface area contributed by atoms with E-state index in [4.69, 9.17) is 23.2 Å². The van der Waals surface area contributed by atoms with Gasteiger partial charge < -0.3 is 5.32 Å². The first kappa shape index (κ1) is 15.1. The second-order valence-corrected chi connectivity index (χ2v) is 6.42. The molecule has 0 amide bonds. The number of rotatable bonds is 3. The van der Waals surface area contributed by atoms with Gasteiger partial charge in [-0.1, -0.05) is 36.2 Å². The smallest absolute Gasteiger partial charge is 0.0465 e. The lowest BCUT2D eigenvalue weighted by atomic mass is 9.98. The van der Waals surface area contributed by atoms with Gasteiger partial charge in [0.15, 0.2) is 0 Å². The van der Waals surface area contributed by atoms with Crippen molar-refractivity contribution in [3.8, 4) is 0 Å². The summed E-state index contributed by atoms with van der Waals surface area (Å²) < 4.78 is 0. The summed E-state index contributed by atoms with van der Waals surface area (Å²) in [5.74, 6) is 0. The fourth-order valence-electron chi connectivity index (χ4n) is 2.60. The van der Waals surface area contributed by atoms with Crippen molar-refractivity contribution in [1.82, 2.24) is 10.2 Å². The number of nitrogens with one attached hydrogen (secondary N) is 1. The standard InChI is InChI=1S/C15H22Cl2N2/c1-3-15(2)11-19(9-5-8-18-15)10-12-13(16)6-4-7-14(12)17/h4,6-7,18H,3,5,8-11H2,1-2H3. The van der Waals surface area contributed by atoms with E-state index in [1.807, 2.05) is 18.2 Å². The molecular weight excluding hydrogens is 279 g/mol. The van der Waals surface area contributed by atoms with Crippen molar-refractivity contribution in [3.63, 3.8) is 0 Å². The molecule has 1 aromatic rings. The van der Waals surface area contributed by atoms with Crippen molar-refractivity contribution in [2.24, 2.45) is 0 Å². The highest BCUT2D eigenvalue weighted by atomic mass is 35.5. The molecule has 1 fully saturated rings. The lowest BCUT2D eigenvalue weighted by molar-refractivity contribution is 0.208. The van der Waals surface area contributed by atoms with Crippen LogP contribution in [0.15, 0.2) is 18.2 Å². The molecule has 1 unspecified atom stereocenters. The van der Waals surface area contributed by atoms with E-state index in [9.17, 15) is 0 Å². The first-order chi connectivity index (χ1) is 9.04. The highest BCUT2D eigenvalue weighted by Gasteiger charge is 2.27. The summed E-state index contributed by atoms with van der Waals surface area (Å²) in [4.78, 5) is 2.45. The van der Waals surface area contributed by atoms with Crippen LogP contribution in [0.1, 0.15) is 32.3 Å². The third-order valence-electron chi connectivity index (χ3n) is 4.00. The highest BCUT2D eigenvalue weighted by Crippen LogP contribution is 2.27. The fourth-order valence-corrected chi connectivity index (χ4v) is 3.12. The largest absolute Gasteiger partial charge is 0.310 e. The van der Waals surface area contributed by atoms with Crippen LogP contribution in [-0.4, -0.2) is 30.1 Å². The van der Waals surface area contributed by atoms with Crippen LogP contribution in [0.4, 0.5) is 0 Å². The third kappa shape index (κ3) is 3.85. The van der Waals surface area contributed by atoms with Gasteiger partial charge >= 0.3 is 0 Å². The molecule has 4 heteroatoms. The van der Waals surface area contributed by atoms with Crippen molar-refractivity contribution < 1.29 is 0 Å². The summed E-state index contributed by atoms with van der Waals surface area (Å²) in [5.41, 5.74) is 1.23. The predicted molar refractivity (Wildman–Crippen MR) is 83.1 cm³/mol. The number of nitrogens with zero attached hydrogens (tertiary/aromatic N) is 1. The Kier molecular flexibility index (Phi) is 5.13. The maximum absolute atomic E-state index is 6.27. The molecule has 1 atom stereocenters. The van der Waals surface area contributed by atoms with E-state index in [1.54, 1.807) is 0 Å². The van der Waals surface area contributed by atoms with Crippen molar-refractivity contribution in [2.45, 2.75) is 38.8 Å². The summed E-state index contributed by atoms with van der Waals surface area (Å²) in [6.07, 6.45) is 2.29. The van der Waals surface area contributed by atoms with E-state index in [1.165, 1.54) is 0 Å². The Morgan fingerprint density at radius 1 is 1.32 bits per heavy atom. The Balaban J connectivity index is 2.13. The Morgan fingerprint density at radius 2 is 2.00 bits per heavy atom. The lowest BCUT2D eigenvalue weighted by Crippen LogP contribution is -2.48. The van der Waals surface area contributed by atoms with Crippen LogP contribution in [-0.2, 0) is 6.54 Å². The van der Waals surface area contributed by atoms with Gasteiger partial charge in [0.05, 0.1) is 0 Å². The van der Waals surface area contributed by atoms with Crippen LogP contribution in [0.25, 0.3) is 0 Å². The van der Waals surface area contributed by atoms with Crippen molar-refractivity contribution in [3.05, 3.63) is 33.8 Å². The average Bonchev–Trinajstić information content (AvgIpc) is 2.57. The Hall–Kier alpha value is -0.280. The SMILES string of the molecule is CCC1(C)CN(Cc2c(Cl)cccc2Cl)CCCN1.